The van der Waals surface area contributed by atoms with Gasteiger partial charge < -0.3 is 14.9 Å². The zero-order valence-electron chi connectivity index (χ0n) is 14.1. The van der Waals surface area contributed by atoms with Crippen LogP contribution in [0.5, 0.6) is 0 Å². The Balaban J connectivity index is 3.16. The van der Waals surface area contributed by atoms with Gasteiger partial charge in [0.1, 0.15) is 11.7 Å². The standard InChI is InChI=1S/C17H28O5/c1-6-14-17(5,21)8-7-13(18)10(2)9-11(3)15(19)12(4)16(20)22-14/h7-8,10-12,14-15,19,21H,6,9H2,1-5H3. The molecular formula is C17H28O5. The maximum Gasteiger partial charge on any atom is 0.311 e. The Bertz CT molecular complexity index is 440. The molecule has 0 saturated heterocycles. The summed E-state index contributed by atoms with van der Waals surface area (Å²) in [6.45, 7) is 8.52. The second-order valence-corrected chi connectivity index (χ2v) is 6.69. The van der Waals surface area contributed by atoms with Crippen LogP contribution in [0.1, 0.15) is 47.5 Å². The van der Waals surface area contributed by atoms with Gasteiger partial charge in [-0.15, -0.1) is 0 Å². The number of rotatable bonds is 1. The van der Waals surface area contributed by atoms with Gasteiger partial charge in [0, 0.05) is 5.92 Å². The van der Waals surface area contributed by atoms with Crippen molar-refractivity contribution < 1.29 is 24.5 Å². The Kier molecular flexibility index (Phi) is 6.32. The molecule has 5 heteroatoms. The van der Waals surface area contributed by atoms with Crippen molar-refractivity contribution in [1.29, 1.82) is 0 Å². The van der Waals surface area contributed by atoms with Gasteiger partial charge in [0.15, 0.2) is 5.78 Å². The van der Waals surface area contributed by atoms with Crippen molar-refractivity contribution in [3.8, 4) is 0 Å². The summed E-state index contributed by atoms with van der Waals surface area (Å²) in [4.78, 5) is 24.3. The lowest BCUT2D eigenvalue weighted by Gasteiger charge is -2.32. The number of allylic oxidation sites excluding steroid dienone is 1. The molecule has 6 atom stereocenters. The van der Waals surface area contributed by atoms with Crippen molar-refractivity contribution in [3.05, 3.63) is 12.2 Å². The van der Waals surface area contributed by atoms with Crippen LogP contribution in [0.15, 0.2) is 12.2 Å². The molecule has 5 nitrogen and oxygen atoms in total. The first-order valence-corrected chi connectivity index (χ1v) is 7.94. The Morgan fingerprint density at radius 2 is 1.91 bits per heavy atom. The van der Waals surface area contributed by atoms with Gasteiger partial charge in [-0.25, -0.2) is 0 Å². The van der Waals surface area contributed by atoms with Crippen molar-refractivity contribution in [2.24, 2.45) is 17.8 Å². The van der Waals surface area contributed by atoms with Crippen LogP contribution < -0.4 is 0 Å². The highest BCUT2D eigenvalue weighted by molar-refractivity contribution is 5.91. The lowest BCUT2D eigenvalue weighted by Crippen LogP contribution is -2.44. The normalized spacial score (nSPS) is 41.5. The minimum atomic E-state index is -1.42. The third-order valence-corrected chi connectivity index (χ3v) is 4.54. The van der Waals surface area contributed by atoms with Crippen LogP contribution >= 0.6 is 0 Å². The van der Waals surface area contributed by atoms with Gasteiger partial charge in [0.05, 0.1) is 12.0 Å². The van der Waals surface area contributed by atoms with Gasteiger partial charge in [-0.2, -0.15) is 0 Å². The molecule has 0 spiro atoms. The number of esters is 1. The SMILES string of the molecule is CCC1OC(=O)C(C)C(O)C(C)CC(C)C(=O)C=CC1(C)O. The van der Waals surface area contributed by atoms with Crippen LogP contribution in [0.2, 0.25) is 0 Å². The van der Waals surface area contributed by atoms with Crippen LogP contribution in [0.25, 0.3) is 0 Å². The first-order valence-electron chi connectivity index (χ1n) is 7.94. The molecule has 0 saturated carbocycles. The highest BCUT2D eigenvalue weighted by Crippen LogP contribution is 2.26. The molecule has 0 fully saturated rings. The van der Waals surface area contributed by atoms with Crippen LogP contribution in [-0.4, -0.2) is 39.8 Å². The number of ether oxygens (including phenoxy) is 1. The number of carbonyl (C=O) groups is 2. The van der Waals surface area contributed by atoms with Crippen LogP contribution in [-0.2, 0) is 14.3 Å². The van der Waals surface area contributed by atoms with Crippen LogP contribution in [0.4, 0.5) is 0 Å². The maximum atomic E-state index is 12.2. The van der Waals surface area contributed by atoms with Crippen molar-refractivity contribution in [3.63, 3.8) is 0 Å². The van der Waals surface area contributed by atoms with Crippen molar-refractivity contribution in [2.75, 3.05) is 0 Å². The number of hydrogen-bond acceptors (Lipinski definition) is 5. The average Bonchev–Trinajstić information content (AvgIpc) is 2.47. The van der Waals surface area contributed by atoms with Gasteiger partial charge >= 0.3 is 5.97 Å². The summed E-state index contributed by atoms with van der Waals surface area (Å²) in [5, 5.41) is 20.8. The molecule has 0 aliphatic carbocycles. The van der Waals surface area contributed by atoms with Gasteiger partial charge in [0.25, 0.3) is 0 Å². The predicted molar refractivity (Wildman–Crippen MR) is 83.1 cm³/mol. The Hall–Kier alpha value is -1.20. The molecule has 0 aromatic carbocycles. The van der Waals surface area contributed by atoms with Crippen LogP contribution in [0, 0.1) is 17.8 Å². The van der Waals surface area contributed by atoms with E-state index >= 15 is 0 Å². The monoisotopic (exact) mass is 312 g/mol. The maximum absolute atomic E-state index is 12.2. The molecule has 6 unspecified atom stereocenters. The van der Waals surface area contributed by atoms with E-state index in [0.717, 1.165) is 0 Å². The number of aliphatic hydroxyl groups is 2. The van der Waals surface area contributed by atoms with Crippen molar-refractivity contribution in [1.82, 2.24) is 0 Å². The molecule has 22 heavy (non-hydrogen) atoms. The van der Waals surface area contributed by atoms with E-state index in [1.165, 1.54) is 19.1 Å². The van der Waals surface area contributed by atoms with Crippen molar-refractivity contribution >= 4 is 11.8 Å². The smallest absolute Gasteiger partial charge is 0.311 e. The first-order chi connectivity index (χ1) is 10.1. The largest absolute Gasteiger partial charge is 0.459 e. The zero-order chi connectivity index (χ0) is 17.1. The lowest BCUT2D eigenvalue weighted by molar-refractivity contribution is -0.169. The van der Waals surface area contributed by atoms with Gasteiger partial charge in [-0.1, -0.05) is 20.8 Å². The van der Waals surface area contributed by atoms with E-state index < -0.39 is 29.7 Å². The second-order valence-electron chi connectivity index (χ2n) is 6.69. The Labute approximate surface area is 132 Å². The number of cyclic esters (lactones) is 1. The molecule has 1 aliphatic heterocycles. The lowest BCUT2D eigenvalue weighted by atomic mass is 9.84. The fourth-order valence-electron chi connectivity index (χ4n) is 2.83. The van der Waals surface area contributed by atoms with E-state index in [0.29, 0.717) is 12.8 Å². The number of carbonyl (C=O) groups excluding carboxylic acids is 2. The van der Waals surface area contributed by atoms with E-state index in [2.05, 4.69) is 0 Å². The molecule has 1 rings (SSSR count). The summed E-state index contributed by atoms with van der Waals surface area (Å²) >= 11 is 0. The number of ketones is 1. The van der Waals surface area contributed by atoms with Gasteiger partial charge in [-0.05, 0) is 44.8 Å². The van der Waals surface area contributed by atoms with E-state index in [-0.39, 0.29) is 17.6 Å². The molecule has 0 aromatic rings. The molecular weight excluding hydrogens is 284 g/mol. The minimum absolute atomic E-state index is 0.103. The minimum Gasteiger partial charge on any atom is -0.459 e. The van der Waals surface area contributed by atoms with Crippen molar-refractivity contribution in [2.45, 2.75) is 65.3 Å². The number of hydrogen-bond donors (Lipinski definition) is 2. The third kappa shape index (κ3) is 4.40. The summed E-state index contributed by atoms with van der Waals surface area (Å²) in [6, 6.07) is 0. The van der Waals surface area contributed by atoms with E-state index in [9.17, 15) is 19.8 Å². The fraction of sp³-hybridized carbons (Fsp3) is 0.765. The molecule has 0 bridgehead atoms. The predicted octanol–water partition coefficient (Wildman–Crippen LogP) is 1.86. The molecule has 2 N–H and O–H groups in total. The zero-order valence-corrected chi connectivity index (χ0v) is 14.1. The first kappa shape index (κ1) is 18.8. The Morgan fingerprint density at radius 1 is 1.32 bits per heavy atom. The Morgan fingerprint density at radius 3 is 2.45 bits per heavy atom. The number of aliphatic hydroxyl groups excluding tert-OH is 1. The summed E-state index contributed by atoms with van der Waals surface area (Å²) < 4.78 is 5.37. The third-order valence-electron chi connectivity index (χ3n) is 4.54. The molecule has 1 heterocycles. The topological polar surface area (TPSA) is 83.8 Å². The van der Waals surface area contributed by atoms with Crippen LogP contribution in [0.3, 0.4) is 0 Å². The molecule has 0 aromatic heterocycles. The summed E-state index contributed by atoms with van der Waals surface area (Å²) in [5.41, 5.74) is -1.42. The summed E-state index contributed by atoms with van der Waals surface area (Å²) in [5.74, 6) is -1.81. The summed E-state index contributed by atoms with van der Waals surface area (Å²) in [6.07, 6.45) is 2.00. The molecule has 0 radical (unpaired) electrons. The average molecular weight is 312 g/mol. The van der Waals surface area contributed by atoms with Gasteiger partial charge in [-0.3, -0.25) is 9.59 Å². The molecule has 126 valence electrons. The second kappa shape index (κ2) is 7.38. The highest BCUT2D eigenvalue weighted by Gasteiger charge is 2.36. The van der Waals surface area contributed by atoms with E-state index in [4.69, 9.17) is 4.74 Å². The van der Waals surface area contributed by atoms with E-state index in [1.54, 1.807) is 20.8 Å². The fourth-order valence-corrected chi connectivity index (χ4v) is 2.83. The highest BCUT2D eigenvalue weighted by atomic mass is 16.6. The quantitative estimate of drug-likeness (QED) is 0.722. The van der Waals surface area contributed by atoms with E-state index in [1.807, 2.05) is 6.92 Å². The molecule has 1 aliphatic rings. The summed E-state index contributed by atoms with van der Waals surface area (Å²) in [7, 11) is 0. The molecule has 0 amide bonds. The van der Waals surface area contributed by atoms with Gasteiger partial charge in [0.2, 0.25) is 0 Å².